The van der Waals surface area contributed by atoms with Gasteiger partial charge in [-0.25, -0.2) is 9.59 Å². The molecule has 0 spiro atoms. The van der Waals surface area contributed by atoms with Crippen LogP contribution >= 0.6 is 0 Å². The zero-order valence-corrected chi connectivity index (χ0v) is 12.1. The molecule has 0 amide bonds. The molecule has 0 atom stereocenters. The Morgan fingerprint density at radius 1 is 1.33 bits per heavy atom. The van der Waals surface area contributed by atoms with E-state index in [1.807, 2.05) is 0 Å². The minimum atomic E-state index is -0.708. The number of nitrogens with one attached hydrogen (secondary N) is 1. The Balaban J connectivity index is 3.13. The van der Waals surface area contributed by atoms with Gasteiger partial charge < -0.3 is 14.8 Å². The first-order valence-electron chi connectivity index (χ1n) is 6.27. The monoisotopic (exact) mass is 288 g/mol. The van der Waals surface area contributed by atoms with Crippen molar-refractivity contribution >= 4 is 17.6 Å². The second-order valence-electron chi connectivity index (χ2n) is 3.99. The number of hydrogen-bond acceptors (Lipinski definition) is 6. The van der Waals surface area contributed by atoms with Crippen LogP contribution in [0.3, 0.4) is 0 Å². The fraction of sp³-hybridized carbons (Fsp3) is 0.267. The molecule has 0 bridgehead atoms. The summed E-state index contributed by atoms with van der Waals surface area (Å²) < 4.78 is 9.48. The van der Waals surface area contributed by atoms with Gasteiger partial charge in [-0.2, -0.15) is 5.26 Å². The molecule has 0 saturated carbocycles. The van der Waals surface area contributed by atoms with Gasteiger partial charge in [0, 0.05) is 5.70 Å². The van der Waals surface area contributed by atoms with Crippen molar-refractivity contribution in [2.24, 2.45) is 0 Å². The van der Waals surface area contributed by atoms with Crippen LogP contribution in [-0.2, 0) is 14.3 Å². The smallest absolute Gasteiger partial charge is 0.350 e. The van der Waals surface area contributed by atoms with E-state index in [9.17, 15) is 9.59 Å². The molecule has 6 nitrogen and oxygen atoms in total. The Morgan fingerprint density at radius 2 is 2.00 bits per heavy atom. The number of para-hydroxylation sites is 1. The normalized spacial score (nSPS) is 11.0. The highest BCUT2D eigenvalue weighted by molar-refractivity contribution is 5.97. The molecule has 0 aliphatic carbocycles. The summed E-state index contributed by atoms with van der Waals surface area (Å²) in [5.41, 5.74) is 0.906. The molecular formula is C15H16N2O4. The number of carbonyl (C=O) groups is 2. The summed E-state index contributed by atoms with van der Waals surface area (Å²) in [7, 11) is 1.28. The average Bonchev–Trinajstić information content (AvgIpc) is 2.48. The first-order valence-corrected chi connectivity index (χ1v) is 6.27. The largest absolute Gasteiger partial charge is 0.465 e. The Morgan fingerprint density at radius 3 is 2.57 bits per heavy atom. The number of anilines is 1. The maximum absolute atomic E-state index is 11.7. The molecule has 0 fully saturated rings. The summed E-state index contributed by atoms with van der Waals surface area (Å²) in [6, 6.07) is 8.43. The summed E-state index contributed by atoms with van der Waals surface area (Å²) in [6.45, 7) is 3.39. The fourth-order valence-corrected chi connectivity index (χ4v) is 1.63. The van der Waals surface area contributed by atoms with Crippen molar-refractivity contribution in [3.05, 3.63) is 41.1 Å². The lowest BCUT2D eigenvalue weighted by molar-refractivity contribution is -0.138. The lowest BCUT2D eigenvalue weighted by Crippen LogP contribution is -2.13. The standard InChI is InChI=1S/C15H16N2O4/c1-4-21-15(19)12(9-16)10(2)17-13-8-6-5-7-11(13)14(18)20-3/h5-8,17H,4H2,1-3H3. The second-order valence-corrected chi connectivity index (χ2v) is 3.99. The lowest BCUT2D eigenvalue weighted by atomic mass is 10.1. The number of nitrogens with zero attached hydrogens (tertiary/aromatic N) is 1. The number of ether oxygens (including phenoxy) is 2. The van der Waals surface area contributed by atoms with Gasteiger partial charge in [-0.05, 0) is 26.0 Å². The maximum Gasteiger partial charge on any atom is 0.350 e. The Hall–Kier alpha value is -2.81. The average molecular weight is 288 g/mol. The summed E-state index contributed by atoms with van der Waals surface area (Å²) in [4.78, 5) is 23.3. The topological polar surface area (TPSA) is 88.4 Å². The van der Waals surface area contributed by atoms with Gasteiger partial charge in [-0.1, -0.05) is 12.1 Å². The van der Waals surface area contributed by atoms with Gasteiger partial charge in [-0.3, -0.25) is 0 Å². The minimum absolute atomic E-state index is 0.142. The first kappa shape index (κ1) is 16.2. The SMILES string of the molecule is CCOC(=O)C(C#N)=C(C)Nc1ccccc1C(=O)OC. The quantitative estimate of drug-likeness (QED) is 0.508. The van der Waals surface area contributed by atoms with Crippen LogP contribution in [0.1, 0.15) is 24.2 Å². The van der Waals surface area contributed by atoms with E-state index in [0.717, 1.165) is 0 Å². The van der Waals surface area contributed by atoms with Crippen molar-refractivity contribution in [3.63, 3.8) is 0 Å². The number of carbonyl (C=O) groups excluding carboxylic acids is 2. The lowest BCUT2D eigenvalue weighted by Gasteiger charge is -2.12. The van der Waals surface area contributed by atoms with Gasteiger partial charge in [0.2, 0.25) is 0 Å². The van der Waals surface area contributed by atoms with E-state index in [1.54, 1.807) is 44.2 Å². The molecule has 0 heterocycles. The van der Waals surface area contributed by atoms with Crippen molar-refractivity contribution in [3.8, 4) is 6.07 Å². The van der Waals surface area contributed by atoms with Crippen LogP contribution < -0.4 is 5.32 Å². The van der Waals surface area contributed by atoms with Gasteiger partial charge in [0.15, 0.2) is 5.57 Å². The first-order chi connectivity index (χ1) is 10.0. The van der Waals surface area contributed by atoms with Gasteiger partial charge in [0.1, 0.15) is 6.07 Å². The van der Waals surface area contributed by atoms with Crippen molar-refractivity contribution in [1.82, 2.24) is 0 Å². The highest BCUT2D eigenvalue weighted by Crippen LogP contribution is 2.19. The Kier molecular flexibility index (Phi) is 5.96. The molecular weight excluding hydrogens is 272 g/mol. The van der Waals surface area contributed by atoms with Crippen molar-refractivity contribution in [2.75, 3.05) is 19.0 Å². The summed E-state index contributed by atoms with van der Waals surface area (Å²) in [5.74, 6) is -1.22. The van der Waals surface area contributed by atoms with E-state index in [4.69, 9.17) is 10.00 Å². The van der Waals surface area contributed by atoms with Crippen LogP contribution in [0.5, 0.6) is 0 Å². The second kappa shape index (κ2) is 7.70. The zero-order valence-electron chi connectivity index (χ0n) is 12.1. The van der Waals surface area contributed by atoms with Gasteiger partial charge in [0.05, 0.1) is 25.0 Å². The van der Waals surface area contributed by atoms with Crippen LogP contribution in [0.2, 0.25) is 0 Å². The molecule has 0 unspecified atom stereocenters. The van der Waals surface area contributed by atoms with Crippen molar-refractivity contribution < 1.29 is 19.1 Å². The minimum Gasteiger partial charge on any atom is -0.465 e. The molecule has 1 rings (SSSR count). The summed E-state index contributed by atoms with van der Waals surface area (Å²) in [5, 5.41) is 11.9. The van der Waals surface area contributed by atoms with Crippen molar-refractivity contribution in [2.45, 2.75) is 13.8 Å². The molecule has 1 aromatic carbocycles. The van der Waals surface area contributed by atoms with Gasteiger partial charge in [-0.15, -0.1) is 0 Å². The predicted octanol–water partition coefficient (Wildman–Crippen LogP) is 2.25. The van der Waals surface area contributed by atoms with E-state index >= 15 is 0 Å². The molecule has 110 valence electrons. The number of esters is 2. The number of benzene rings is 1. The third-order valence-electron chi connectivity index (χ3n) is 2.62. The van der Waals surface area contributed by atoms with E-state index < -0.39 is 11.9 Å². The predicted molar refractivity (Wildman–Crippen MR) is 76.4 cm³/mol. The van der Waals surface area contributed by atoms with E-state index in [1.165, 1.54) is 7.11 Å². The van der Waals surface area contributed by atoms with E-state index in [0.29, 0.717) is 16.9 Å². The molecule has 0 aliphatic heterocycles. The third-order valence-corrected chi connectivity index (χ3v) is 2.62. The highest BCUT2D eigenvalue weighted by Gasteiger charge is 2.16. The summed E-state index contributed by atoms with van der Waals surface area (Å²) in [6.07, 6.45) is 0. The number of rotatable bonds is 5. The molecule has 21 heavy (non-hydrogen) atoms. The van der Waals surface area contributed by atoms with Crippen LogP contribution in [0.15, 0.2) is 35.5 Å². The Labute approximate surface area is 123 Å². The molecule has 0 radical (unpaired) electrons. The van der Waals surface area contributed by atoms with Gasteiger partial charge >= 0.3 is 11.9 Å². The van der Waals surface area contributed by atoms with Gasteiger partial charge in [0.25, 0.3) is 0 Å². The summed E-state index contributed by atoms with van der Waals surface area (Å²) >= 11 is 0. The van der Waals surface area contributed by atoms with Crippen LogP contribution in [-0.4, -0.2) is 25.7 Å². The van der Waals surface area contributed by atoms with Crippen LogP contribution in [0.4, 0.5) is 5.69 Å². The Bertz CT molecular complexity index is 614. The number of methoxy groups -OCH3 is 1. The molecule has 0 aromatic heterocycles. The van der Waals surface area contributed by atoms with Crippen LogP contribution in [0, 0.1) is 11.3 Å². The van der Waals surface area contributed by atoms with E-state index in [-0.39, 0.29) is 12.2 Å². The number of allylic oxidation sites excluding steroid dienone is 1. The number of nitriles is 1. The zero-order chi connectivity index (χ0) is 15.8. The highest BCUT2D eigenvalue weighted by atomic mass is 16.5. The van der Waals surface area contributed by atoms with Crippen LogP contribution in [0.25, 0.3) is 0 Å². The molecule has 0 saturated heterocycles. The van der Waals surface area contributed by atoms with Crippen molar-refractivity contribution in [1.29, 1.82) is 5.26 Å². The molecule has 0 aliphatic rings. The molecule has 1 N–H and O–H groups in total. The molecule has 6 heteroatoms. The number of hydrogen-bond donors (Lipinski definition) is 1. The third kappa shape index (κ3) is 4.08. The fourth-order valence-electron chi connectivity index (χ4n) is 1.63. The van der Waals surface area contributed by atoms with E-state index in [2.05, 4.69) is 10.1 Å². The molecule has 1 aromatic rings. The maximum atomic E-state index is 11.7.